The van der Waals surface area contributed by atoms with Gasteiger partial charge in [0.05, 0.1) is 0 Å². The maximum Gasteiger partial charge on any atom is 0.133 e. The number of anilines is 1. The van der Waals surface area contributed by atoms with Crippen LogP contribution in [0.15, 0.2) is 12.3 Å². The van der Waals surface area contributed by atoms with Gasteiger partial charge in [0.2, 0.25) is 0 Å². The summed E-state index contributed by atoms with van der Waals surface area (Å²) in [5.41, 5.74) is 0. The van der Waals surface area contributed by atoms with Crippen molar-refractivity contribution in [3.8, 4) is 0 Å². The van der Waals surface area contributed by atoms with E-state index in [1.165, 1.54) is 39.0 Å². The van der Waals surface area contributed by atoms with Crippen LogP contribution < -0.4 is 4.90 Å². The molecule has 0 amide bonds. The average Bonchev–Trinajstić information content (AvgIpc) is 3.06. The van der Waals surface area contributed by atoms with E-state index in [9.17, 15) is 0 Å². The van der Waals surface area contributed by atoms with Gasteiger partial charge in [0, 0.05) is 38.3 Å². The van der Waals surface area contributed by atoms with Gasteiger partial charge in [-0.15, -0.1) is 0 Å². The molecule has 1 aromatic rings. The molecule has 2 atom stereocenters. The fraction of sp³-hybridized carbons (Fsp3) is 0.714. The molecular formula is C14H20N4. The lowest BCUT2D eigenvalue weighted by Gasteiger charge is -2.20. The van der Waals surface area contributed by atoms with Crippen molar-refractivity contribution < 1.29 is 0 Å². The fourth-order valence-electron chi connectivity index (χ4n) is 3.49. The third-order valence-corrected chi connectivity index (χ3v) is 4.59. The Morgan fingerprint density at radius 1 is 1.11 bits per heavy atom. The van der Waals surface area contributed by atoms with Gasteiger partial charge in [-0.1, -0.05) is 0 Å². The first-order chi connectivity index (χ1) is 8.79. The number of fused-ring (bicyclic) bond motifs is 1. The van der Waals surface area contributed by atoms with E-state index in [0.717, 1.165) is 23.5 Å². The van der Waals surface area contributed by atoms with Crippen molar-refractivity contribution in [2.45, 2.75) is 18.8 Å². The largest absolute Gasteiger partial charge is 0.356 e. The molecule has 2 saturated heterocycles. The normalized spacial score (nSPS) is 31.9. The summed E-state index contributed by atoms with van der Waals surface area (Å²) in [7, 11) is 2.23. The summed E-state index contributed by atoms with van der Waals surface area (Å²) in [6.07, 6.45) is 4.50. The number of rotatable bonds is 2. The highest BCUT2D eigenvalue weighted by atomic mass is 15.3. The second kappa shape index (κ2) is 3.92. The highest BCUT2D eigenvalue weighted by Crippen LogP contribution is 2.39. The molecule has 2 unspecified atom stereocenters. The van der Waals surface area contributed by atoms with E-state index in [1.807, 2.05) is 6.20 Å². The lowest BCUT2D eigenvalue weighted by atomic mass is 10.0. The van der Waals surface area contributed by atoms with E-state index in [2.05, 4.69) is 27.9 Å². The molecule has 4 heteroatoms. The first kappa shape index (κ1) is 10.7. The van der Waals surface area contributed by atoms with Gasteiger partial charge in [-0.05, 0) is 37.8 Å². The van der Waals surface area contributed by atoms with Gasteiger partial charge in [0.25, 0.3) is 0 Å². The number of hydrogen-bond acceptors (Lipinski definition) is 4. The van der Waals surface area contributed by atoms with Crippen LogP contribution in [0, 0.1) is 11.8 Å². The van der Waals surface area contributed by atoms with Crippen molar-refractivity contribution in [3.63, 3.8) is 0 Å². The van der Waals surface area contributed by atoms with Crippen LogP contribution in [0.2, 0.25) is 0 Å². The molecular weight excluding hydrogens is 224 g/mol. The van der Waals surface area contributed by atoms with Gasteiger partial charge < -0.3 is 9.80 Å². The molecule has 1 aliphatic carbocycles. The van der Waals surface area contributed by atoms with E-state index in [-0.39, 0.29) is 0 Å². The topological polar surface area (TPSA) is 32.3 Å². The Hall–Kier alpha value is -1.16. The molecule has 1 aromatic heterocycles. The van der Waals surface area contributed by atoms with Crippen molar-refractivity contribution in [3.05, 3.63) is 18.1 Å². The van der Waals surface area contributed by atoms with Gasteiger partial charge in [0.1, 0.15) is 11.6 Å². The summed E-state index contributed by atoms with van der Waals surface area (Å²) in [6.45, 7) is 4.86. The molecule has 1 saturated carbocycles. The SMILES string of the molecule is CN1CC2CN(c3ccnc(C4CC4)n3)CC2C1. The summed E-state index contributed by atoms with van der Waals surface area (Å²) >= 11 is 0. The molecule has 3 heterocycles. The predicted octanol–water partition coefficient (Wildman–Crippen LogP) is 1.35. The Kier molecular flexibility index (Phi) is 2.34. The minimum absolute atomic E-state index is 0.651. The van der Waals surface area contributed by atoms with E-state index < -0.39 is 0 Å². The second-order valence-electron chi connectivity index (χ2n) is 6.19. The number of likely N-dealkylation sites (tertiary alicyclic amines) is 1. The smallest absolute Gasteiger partial charge is 0.133 e. The van der Waals surface area contributed by atoms with Crippen LogP contribution in [0.25, 0.3) is 0 Å². The minimum atomic E-state index is 0.651. The van der Waals surface area contributed by atoms with Crippen molar-refractivity contribution in [1.82, 2.24) is 14.9 Å². The van der Waals surface area contributed by atoms with Crippen LogP contribution in [-0.2, 0) is 0 Å². The maximum atomic E-state index is 4.76. The van der Waals surface area contributed by atoms with Crippen molar-refractivity contribution >= 4 is 5.82 Å². The first-order valence-electron chi connectivity index (χ1n) is 7.06. The number of nitrogens with zero attached hydrogens (tertiary/aromatic N) is 4. The summed E-state index contributed by atoms with van der Waals surface area (Å²) in [5.74, 6) is 4.56. The van der Waals surface area contributed by atoms with E-state index in [1.54, 1.807) is 0 Å². The Labute approximate surface area is 108 Å². The van der Waals surface area contributed by atoms with Crippen LogP contribution in [0.1, 0.15) is 24.6 Å². The Morgan fingerprint density at radius 3 is 2.50 bits per heavy atom. The van der Waals surface area contributed by atoms with Gasteiger partial charge >= 0.3 is 0 Å². The van der Waals surface area contributed by atoms with E-state index in [0.29, 0.717) is 5.92 Å². The summed E-state index contributed by atoms with van der Waals surface area (Å²) in [5, 5.41) is 0. The van der Waals surface area contributed by atoms with Gasteiger partial charge in [-0.25, -0.2) is 9.97 Å². The predicted molar refractivity (Wildman–Crippen MR) is 70.7 cm³/mol. The molecule has 2 aliphatic heterocycles. The van der Waals surface area contributed by atoms with E-state index in [4.69, 9.17) is 4.98 Å². The summed E-state index contributed by atoms with van der Waals surface area (Å²) in [6, 6.07) is 2.08. The molecule has 0 bridgehead atoms. The fourth-order valence-corrected chi connectivity index (χ4v) is 3.49. The summed E-state index contributed by atoms with van der Waals surface area (Å²) in [4.78, 5) is 14.1. The standard InChI is InChI=1S/C14H20N4/c1-17-6-11-8-18(9-12(11)7-17)13-4-5-15-14(16-13)10-2-3-10/h4-5,10-12H,2-3,6-9H2,1H3. The number of hydrogen-bond donors (Lipinski definition) is 0. The monoisotopic (exact) mass is 244 g/mol. The Morgan fingerprint density at radius 2 is 1.83 bits per heavy atom. The highest BCUT2D eigenvalue weighted by molar-refractivity contribution is 5.40. The molecule has 4 rings (SSSR count). The third kappa shape index (κ3) is 1.79. The van der Waals surface area contributed by atoms with Crippen LogP contribution in [0.5, 0.6) is 0 Å². The number of aromatic nitrogens is 2. The minimum Gasteiger partial charge on any atom is -0.356 e. The highest BCUT2D eigenvalue weighted by Gasteiger charge is 2.39. The molecule has 96 valence electrons. The van der Waals surface area contributed by atoms with Crippen LogP contribution >= 0.6 is 0 Å². The zero-order chi connectivity index (χ0) is 12.1. The molecule has 0 N–H and O–H groups in total. The molecule has 0 spiro atoms. The lowest BCUT2D eigenvalue weighted by Crippen LogP contribution is -2.27. The second-order valence-corrected chi connectivity index (χ2v) is 6.19. The van der Waals surface area contributed by atoms with Crippen LogP contribution in [-0.4, -0.2) is 48.1 Å². The lowest BCUT2D eigenvalue weighted by molar-refractivity contribution is 0.387. The van der Waals surface area contributed by atoms with Crippen molar-refractivity contribution in [2.24, 2.45) is 11.8 Å². The molecule has 0 aromatic carbocycles. The summed E-state index contributed by atoms with van der Waals surface area (Å²) < 4.78 is 0. The van der Waals surface area contributed by atoms with Crippen LogP contribution in [0.3, 0.4) is 0 Å². The Balaban J connectivity index is 1.52. The quantitative estimate of drug-likeness (QED) is 0.786. The van der Waals surface area contributed by atoms with Gasteiger partial charge in [-0.2, -0.15) is 0 Å². The molecule has 3 fully saturated rings. The van der Waals surface area contributed by atoms with Crippen molar-refractivity contribution in [1.29, 1.82) is 0 Å². The molecule has 18 heavy (non-hydrogen) atoms. The Bertz CT molecular complexity index is 443. The van der Waals surface area contributed by atoms with Crippen LogP contribution in [0.4, 0.5) is 5.82 Å². The molecule has 4 nitrogen and oxygen atoms in total. The average molecular weight is 244 g/mol. The van der Waals surface area contributed by atoms with E-state index >= 15 is 0 Å². The van der Waals surface area contributed by atoms with Gasteiger partial charge in [0.15, 0.2) is 0 Å². The first-order valence-corrected chi connectivity index (χ1v) is 7.06. The van der Waals surface area contributed by atoms with Gasteiger partial charge in [-0.3, -0.25) is 0 Å². The zero-order valence-corrected chi connectivity index (χ0v) is 10.9. The molecule has 3 aliphatic rings. The third-order valence-electron chi connectivity index (χ3n) is 4.59. The zero-order valence-electron chi connectivity index (χ0n) is 10.9. The maximum absolute atomic E-state index is 4.76. The molecule has 0 radical (unpaired) electrons. The van der Waals surface area contributed by atoms with Crippen molar-refractivity contribution in [2.75, 3.05) is 38.1 Å².